The van der Waals surface area contributed by atoms with Gasteiger partial charge in [0, 0.05) is 12.4 Å². The summed E-state index contributed by atoms with van der Waals surface area (Å²) in [5.41, 5.74) is 5.88. The van der Waals surface area contributed by atoms with E-state index >= 15 is 0 Å². The molecule has 0 saturated heterocycles. The average molecular weight is 341 g/mol. The quantitative estimate of drug-likeness (QED) is 0.602. The maximum atomic E-state index is 12.1. The summed E-state index contributed by atoms with van der Waals surface area (Å²) in [6.45, 7) is 0.303. The molecule has 120 valence electrons. The molecule has 0 fully saturated rings. The second-order valence-corrected chi connectivity index (χ2v) is 5.68. The molecule has 0 bridgehead atoms. The van der Waals surface area contributed by atoms with Gasteiger partial charge in [-0.2, -0.15) is 0 Å². The van der Waals surface area contributed by atoms with Crippen LogP contribution < -0.4 is 10.7 Å². The fraction of sp³-hybridized carbons (Fsp3) is 0.0625. The molecule has 2 amide bonds. The average Bonchev–Trinajstić information content (AvgIpc) is 3.17. The zero-order valence-corrected chi connectivity index (χ0v) is 13.2. The van der Waals surface area contributed by atoms with Gasteiger partial charge in [-0.1, -0.05) is 23.7 Å². The van der Waals surface area contributed by atoms with Gasteiger partial charge in [-0.25, -0.2) is 24.9 Å². The molecule has 3 aromatic heterocycles. The smallest absolute Gasteiger partial charge is 0.331 e. The first-order valence-corrected chi connectivity index (χ1v) is 7.67. The van der Waals surface area contributed by atoms with Crippen LogP contribution in [0, 0.1) is 0 Å². The van der Waals surface area contributed by atoms with Crippen molar-refractivity contribution in [3.8, 4) is 0 Å². The largest absolute Gasteiger partial charge is 0.334 e. The van der Waals surface area contributed by atoms with E-state index in [1.54, 1.807) is 23.3 Å². The summed E-state index contributed by atoms with van der Waals surface area (Å²) in [6.07, 6.45) is 5.16. The second kappa shape index (κ2) is 5.86. The highest BCUT2D eigenvalue weighted by Crippen LogP contribution is 2.12. The van der Waals surface area contributed by atoms with Crippen LogP contribution in [0.25, 0.3) is 16.7 Å². The van der Waals surface area contributed by atoms with Crippen LogP contribution >= 0.6 is 11.6 Å². The van der Waals surface area contributed by atoms with E-state index in [0.29, 0.717) is 11.6 Å². The Kier molecular flexibility index (Phi) is 3.55. The first-order valence-electron chi connectivity index (χ1n) is 7.29. The number of amides is 2. The Morgan fingerprint density at radius 2 is 2.04 bits per heavy atom. The van der Waals surface area contributed by atoms with Crippen molar-refractivity contribution >= 4 is 34.3 Å². The van der Waals surface area contributed by atoms with Gasteiger partial charge in [0.1, 0.15) is 12.0 Å². The molecule has 7 nitrogen and oxygen atoms in total. The number of pyridine rings is 1. The highest BCUT2D eigenvalue weighted by molar-refractivity contribution is 6.30. The molecule has 3 heterocycles. The maximum Gasteiger partial charge on any atom is 0.334 e. The van der Waals surface area contributed by atoms with Crippen LogP contribution in [0.15, 0.2) is 55.1 Å². The normalized spacial score (nSPS) is 11.0. The van der Waals surface area contributed by atoms with Crippen molar-refractivity contribution < 1.29 is 4.79 Å². The molecule has 0 atom stereocenters. The number of halogens is 1. The van der Waals surface area contributed by atoms with E-state index in [0.717, 1.165) is 22.4 Å². The summed E-state index contributed by atoms with van der Waals surface area (Å²) in [5.74, 6) is 0. The Balaban J connectivity index is 1.44. The number of rotatable bonds is 3. The van der Waals surface area contributed by atoms with Crippen molar-refractivity contribution in [3.05, 3.63) is 65.8 Å². The van der Waals surface area contributed by atoms with E-state index in [1.807, 2.05) is 40.9 Å². The minimum atomic E-state index is -0.340. The topological polar surface area (TPSA) is 76.2 Å². The van der Waals surface area contributed by atoms with Crippen molar-refractivity contribution in [2.75, 3.05) is 5.43 Å². The molecule has 0 aliphatic heterocycles. The number of para-hydroxylation sites is 2. The third-order valence-corrected chi connectivity index (χ3v) is 3.79. The van der Waals surface area contributed by atoms with Crippen molar-refractivity contribution in [2.24, 2.45) is 0 Å². The van der Waals surface area contributed by atoms with Crippen molar-refractivity contribution in [1.29, 1.82) is 0 Å². The summed E-state index contributed by atoms with van der Waals surface area (Å²) in [5, 5.41) is 3.40. The number of nitrogens with zero attached hydrogens (tertiary/aromatic N) is 4. The molecule has 0 spiro atoms. The maximum absolute atomic E-state index is 12.1. The second-order valence-electron chi connectivity index (χ2n) is 5.24. The molecular weight excluding hydrogens is 328 g/mol. The zero-order chi connectivity index (χ0) is 16.5. The summed E-state index contributed by atoms with van der Waals surface area (Å²) in [7, 11) is 0. The Hall–Kier alpha value is -3.06. The van der Waals surface area contributed by atoms with Crippen LogP contribution in [-0.2, 0) is 6.54 Å². The number of hydrogen-bond acceptors (Lipinski definition) is 3. The Morgan fingerprint density at radius 3 is 2.96 bits per heavy atom. The first-order chi connectivity index (χ1) is 11.7. The highest BCUT2D eigenvalue weighted by atomic mass is 35.5. The van der Waals surface area contributed by atoms with E-state index < -0.39 is 0 Å². The molecule has 2 N–H and O–H groups in total. The number of urea groups is 1. The van der Waals surface area contributed by atoms with E-state index in [9.17, 15) is 4.79 Å². The number of nitrogens with one attached hydrogen (secondary N) is 2. The van der Waals surface area contributed by atoms with Crippen LogP contribution in [0.5, 0.6) is 0 Å². The molecule has 24 heavy (non-hydrogen) atoms. The van der Waals surface area contributed by atoms with Gasteiger partial charge in [0.15, 0.2) is 0 Å². The lowest BCUT2D eigenvalue weighted by molar-refractivity contribution is 0.249. The third-order valence-electron chi connectivity index (χ3n) is 3.57. The summed E-state index contributed by atoms with van der Waals surface area (Å²) >= 11 is 5.95. The fourth-order valence-electron chi connectivity index (χ4n) is 2.47. The Labute approximate surface area is 141 Å². The molecule has 0 radical (unpaired) electrons. The van der Waals surface area contributed by atoms with E-state index in [1.165, 1.54) is 0 Å². The molecule has 1 aromatic carbocycles. The summed E-state index contributed by atoms with van der Waals surface area (Å²) in [4.78, 5) is 20.7. The molecule has 8 heteroatoms. The Bertz CT molecular complexity index is 1040. The van der Waals surface area contributed by atoms with Gasteiger partial charge in [0.05, 0.1) is 28.3 Å². The SMILES string of the molecule is O=C(NCc1cn2cc(Cl)ccc2n1)Nn1cnc2ccccc21. The van der Waals surface area contributed by atoms with Gasteiger partial charge in [0.2, 0.25) is 0 Å². The number of imidazole rings is 2. The van der Waals surface area contributed by atoms with Gasteiger partial charge in [-0.3, -0.25) is 0 Å². The number of carbonyl (C=O) groups excluding carboxylic acids is 1. The van der Waals surface area contributed by atoms with Gasteiger partial charge in [-0.15, -0.1) is 0 Å². The highest BCUT2D eigenvalue weighted by Gasteiger charge is 2.07. The van der Waals surface area contributed by atoms with E-state index in [-0.39, 0.29) is 6.03 Å². The zero-order valence-electron chi connectivity index (χ0n) is 12.5. The van der Waals surface area contributed by atoms with Crippen LogP contribution in [0.3, 0.4) is 0 Å². The monoisotopic (exact) mass is 340 g/mol. The molecular formula is C16H13ClN6O. The summed E-state index contributed by atoms with van der Waals surface area (Å²) in [6, 6.07) is 10.8. The summed E-state index contributed by atoms with van der Waals surface area (Å²) < 4.78 is 3.40. The third kappa shape index (κ3) is 2.77. The van der Waals surface area contributed by atoms with E-state index in [4.69, 9.17) is 11.6 Å². The van der Waals surface area contributed by atoms with Crippen LogP contribution in [-0.4, -0.2) is 25.1 Å². The fourth-order valence-corrected chi connectivity index (χ4v) is 2.64. The van der Waals surface area contributed by atoms with Gasteiger partial charge in [-0.05, 0) is 24.3 Å². The van der Waals surface area contributed by atoms with E-state index in [2.05, 4.69) is 20.7 Å². The molecule has 0 aliphatic carbocycles. The van der Waals surface area contributed by atoms with Gasteiger partial charge < -0.3 is 9.72 Å². The van der Waals surface area contributed by atoms with Crippen molar-refractivity contribution in [2.45, 2.75) is 6.54 Å². The lowest BCUT2D eigenvalue weighted by atomic mass is 10.3. The number of benzene rings is 1. The Morgan fingerprint density at radius 1 is 1.17 bits per heavy atom. The van der Waals surface area contributed by atoms with Crippen LogP contribution in [0.2, 0.25) is 5.02 Å². The minimum Gasteiger partial charge on any atom is -0.331 e. The van der Waals surface area contributed by atoms with Crippen molar-refractivity contribution in [3.63, 3.8) is 0 Å². The molecule has 0 saturated carbocycles. The molecule has 0 unspecified atom stereocenters. The number of aromatic nitrogens is 4. The number of hydrogen-bond donors (Lipinski definition) is 2. The first kappa shape index (κ1) is 14.5. The predicted octanol–water partition coefficient (Wildman–Crippen LogP) is 2.79. The molecule has 4 rings (SSSR count). The minimum absolute atomic E-state index is 0.303. The number of fused-ring (bicyclic) bond motifs is 2. The van der Waals surface area contributed by atoms with Gasteiger partial charge >= 0.3 is 6.03 Å². The molecule has 4 aromatic rings. The van der Waals surface area contributed by atoms with Gasteiger partial charge in [0.25, 0.3) is 0 Å². The standard InChI is InChI=1S/C16H13ClN6O/c17-11-5-6-15-20-12(9-22(15)8-11)7-18-16(24)21-23-10-19-13-3-1-2-4-14(13)23/h1-6,8-10H,7H2,(H2,18,21,24). The molecule has 0 aliphatic rings. The van der Waals surface area contributed by atoms with Crippen molar-refractivity contribution in [1.82, 2.24) is 24.4 Å². The lowest BCUT2D eigenvalue weighted by Gasteiger charge is -2.07. The predicted molar refractivity (Wildman–Crippen MR) is 91.5 cm³/mol. The number of carbonyl (C=O) groups is 1. The van der Waals surface area contributed by atoms with Crippen LogP contribution in [0.4, 0.5) is 4.79 Å². The van der Waals surface area contributed by atoms with Crippen LogP contribution in [0.1, 0.15) is 5.69 Å². The lowest BCUT2D eigenvalue weighted by Crippen LogP contribution is -2.33.